The van der Waals surface area contributed by atoms with E-state index in [-0.39, 0.29) is 12.0 Å². The van der Waals surface area contributed by atoms with Gasteiger partial charge in [-0.1, -0.05) is 0 Å². The number of nitrogens with zero attached hydrogens (tertiary/aromatic N) is 1. The van der Waals surface area contributed by atoms with Crippen LogP contribution in [0.15, 0.2) is 16.9 Å². The molecule has 56 valence electrons. The largest absolute Gasteiger partial charge is 0.299 e. The Bertz CT molecular complexity index is 350. The van der Waals surface area contributed by atoms with Crippen molar-refractivity contribution in [1.29, 1.82) is 5.26 Å². The zero-order chi connectivity index (χ0) is 8.27. The van der Waals surface area contributed by atoms with Crippen LogP contribution in [0, 0.1) is 17.3 Å². The summed E-state index contributed by atoms with van der Waals surface area (Å²) in [4.78, 5) is 12.7. The van der Waals surface area contributed by atoms with Gasteiger partial charge in [0.25, 0.3) is 5.56 Å². The van der Waals surface area contributed by atoms with E-state index in [4.69, 9.17) is 5.26 Å². The molecular formula is C7H5FN2O. The molecule has 1 N–H and O–H groups in total. The molecule has 0 amide bonds. The first-order valence-electron chi connectivity index (χ1n) is 2.98. The maximum Gasteiger partial charge on any atom is 0.254 e. The smallest absolute Gasteiger partial charge is 0.254 e. The van der Waals surface area contributed by atoms with Crippen LogP contribution in [0.2, 0.25) is 0 Å². The molecule has 0 unspecified atom stereocenters. The summed E-state index contributed by atoms with van der Waals surface area (Å²) >= 11 is 0. The van der Waals surface area contributed by atoms with E-state index in [1.54, 1.807) is 6.07 Å². The van der Waals surface area contributed by atoms with Crippen molar-refractivity contribution in [3.05, 3.63) is 34.0 Å². The fourth-order valence-electron chi connectivity index (χ4n) is 0.704. The predicted octanol–water partition coefficient (Wildman–Crippen LogP) is 0.580. The topological polar surface area (TPSA) is 56.6 Å². The molecule has 11 heavy (non-hydrogen) atoms. The lowest BCUT2D eigenvalue weighted by molar-refractivity contribution is 0.578. The summed E-state index contributed by atoms with van der Waals surface area (Å²) < 4.78 is 12.2. The first-order chi connectivity index (χ1) is 5.24. The van der Waals surface area contributed by atoms with E-state index in [9.17, 15) is 9.18 Å². The maximum atomic E-state index is 12.2. The van der Waals surface area contributed by atoms with Gasteiger partial charge in [0, 0.05) is 5.56 Å². The fourth-order valence-corrected chi connectivity index (χ4v) is 0.704. The highest BCUT2D eigenvalue weighted by atomic mass is 19.1. The van der Waals surface area contributed by atoms with E-state index in [0.717, 1.165) is 6.07 Å². The third kappa shape index (κ3) is 1.64. The van der Waals surface area contributed by atoms with Gasteiger partial charge in [0.2, 0.25) is 0 Å². The van der Waals surface area contributed by atoms with Crippen molar-refractivity contribution in [3.63, 3.8) is 0 Å². The van der Waals surface area contributed by atoms with Crippen LogP contribution in [0.1, 0.15) is 5.56 Å². The molecule has 0 radical (unpaired) electrons. The monoisotopic (exact) mass is 152 g/mol. The van der Waals surface area contributed by atoms with Gasteiger partial charge in [0.05, 0.1) is 12.5 Å². The Kier molecular flexibility index (Phi) is 2.02. The zero-order valence-electron chi connectivity index (χ0n) is 5.60. The van der Waals surface area contributed by atoms with Crippen molar-refractivity contribution < 1.29 is 4.39 Å². The molecule has 0 bridgehead atoms. The van der Waals surface area contributed by atoms with Gasteiger partial charge in [-0.05, 0) is 12.1 Å². The highest BCUT2D eigenvalue weighted by Gasteiger charge is 1.98. The molecule has 0 saturated heterocycles. The molecule has 3 nitrogen and oxygen atoms in total. The summed E-state index contributed by atoms with van der Waals surface area (Å²) in [7, 11) is 0. The van der Waals surface area contributed by atoms with Crippen LogP contribution in [0.25, 0.3) is 0 Å². The number of rotatable bonds is 1. The van der Waals surface area contributed by atoms with Gasteiger partial charge in [0.1, 0.15) is 0 Å². The molecule has 0 aliphatic heterocycles. The zero-order valence-corrected chi connectivity index (χ0v) is 5.60. The number of aromatic amines is 1. The first kappa shape index (κ1) is 7.48. The Hall–Kier alpha value is -1.63. The molecule has 0 saturated carbocycles. The average molecular weight is 152 g/mol. The summed E-state index contributed by atoms with van der Waals surface area (Å²) in [6.07, 6.45) is 0.00954. The molecule has 1 heterocycles. The molecule has 0 aliphatic carbocycles. The van der Waals surface area contributed by atoms with Crippen molar-refractivity contribution in [2.75, 3.05) is 0 Å². The van der Waals surface area contributed by atoms with Crippen molar-refractivity contribution in [2.45, 2.75) is 6.42 Å². The summed E-state index contributed by atoms with van der Waals surface area (Å²) in [6.45, 7) is 0. The molecule has 4 heteroatoms. The Balaban J connectivity index is 3.12. The quantitative estimate of drug-likeness (QED) is 0.598. The lowest BCUT2D eigenvalue weighted by Gasteiger charge is -1.91. The number of nitriles is 1. The van der Waals surface area contributed by atoms with Gasteiger partial charge >= 0.3 is 0 Å². The number of hydrogen-bond donors (Lipinski definition) is 1. The Morgan fingerprint density at radius 1 is 1.64 bits per heavy atom. The highest BCUT2D eigenvalue weighted by molar-refractivity contribution is 5.13. The molecule has 1 rings (SSSR count). The maximum absolute atomic E-state index is 12.2. The fraction of sp³-hybridized carbons (Fsp3) is 0.143. The van der Waals surface area contributed by atoms with Crippen LogP contribution in [0.4, 0.5) is 4.39 Å². The van der Waals surface area contributed by atoms with Crippen LogP contribution < -0.4 is 5.56 Å². The van der Waals surface area contributed by atoms with E-state index in [1.165, 1.54) is 6.07 Å². The van der Waals surface area contributed by atoms with Crippen LogP contribution in [0.5, 0.6) is 0 Å². The van der Waals surface area contributed by atoms with Crippen molar-refractivity contribution in [3.8, 4) is 6.07 Å². The number of pyridine rings is 1. The number of H-pyrrole nitrogens is 1. The van der Waals surface area contributed by atoms with Crippen LogP contribution >= 0.6 is 0 Å². The van der Waals surface area contributed by atoms with Gasteiger partial charge in [-0.25, -0.2) is 0 Å². The number of nitrogens with one attached hydrogen (secondary N) is 1. The van der Waals surface area contributed by atoms with E-state index in [2.05, 4.69) is 0 Å². The van der Waals surface area contributed by atoms with Crippen molar-refractivity contribution in [2.24, 2.45) is 0 Å². The van der Waals surface area contributed by atoms with Gasteiger partial charge < -0.3 is 0 Å². The summed E-state index contributed by atoms with van der Waals surface area (Å²) in [5.74, 6) is -0.684. The van der Waals surface area contributed by atoms with E-state index >= 15 is 0 Å². The number of halogens is 1. The summed E-state index contributed by atoms with van der Waals surface area (Å²) in [5.41, 5.74) is -0.250. The second kappa shape index (κ2) is 2.97. The Morgan fingerprint density at radius 2 is 2.36 bits per heavy atom. The molecule has 0 spiro atoms. The lowest BCUT2D eigenvalue weighted by atomic mass is 10.2. The van der Waals surface area contributed by atoms with Crippen LogP contribution in [0.3, 0.4) is 0 Å². The standard InChI is InChI=1S/C7H5FN2O/c8-6-2-1-5(3-4-9)7(11)10-6/h1-2H,3H2,(H,10,11). The molecule has 1 aromatic heterocycles. The molecule has 0 atom stereocenters. The first-order valence-corrected chi connectivity index (χ1v) is 2.98. The minimum atomic E-state index is -0.684. The van der Waals surface area contributed by atoms with E-state index < -0.39 is 11.5 Å². The van der Waals surface area contributed by atoms with Crippen LogP contribution in [-0.4, -0.2) is 4.98 Å². The minimum absolute atomic E-state index is 0.00954. The van der Waals surface area contributed by atoms with E-state index in [1.807, 2.05) is 4.98 Å². The van der Waals surface area contributed by atoms with Gasteiger partial charge in [-0.2, -0.15) is 9.65 Å². The highest BCUT2D eigenvalue weighted by Crippen LogP contribution is 1.92. The van der Waals surface area contributed by atoms with E-state index in [0.29, 0.717) is 0 Å². The average Bonchev–Trinajstić information content (AvgIpc) is 1.95. The second-order valence-electron chi connectivity index (χ2n) is 2.00. The molecule has 0 aromatic carbocycles. The SMILES string of the molecule is N#CCc1ccc(F)[nH]c1=O. The molecule has 0 fully saturated rings. The van der Waals surface area contributed by atoms with Crippen LogP contribution in [-0.2, 0) is 6.42 Å². The van der Waals surface area contributed by atoms with Crippen molar-refractivity contribution in [1.82, 2.24) is 4.98 Å². The minimum Gasteiger partial charge on any atom is -0.299 e. The van der Waals surface area contributed by atoms with Gasteiger partial charge in [-0.15, -0.1) is 0 Å². The lowest BCUT2D eigenvalue weighted by Crippen LogP contribution is -2.12. The molecular weight excluding hydrogens is 147 g/mol. The third-order valence-corrected chi connectivity index (χ3v) is 1.22. The molecule has 1 aromatic rings. The van der Waals surface area contributed by atoms with Gasteiger partial charge in [0.15, 0.2) is 5.95 Å². The van der Waals surface area contributed by atoms with Gasteiger partial charge in [-0.3, -0.25) is 9.78 Å². The molecule has 0 aliphatic rings. The predicted molar refractivity (Wildman–Crippen MR) is 36.3 cm³/mol. The normalized spacial score (nSPS) is 9.09. The number of hydrogen-bond acceptors (Lipinski definition) is 2. The summed E-state index contributed by atoms with van der Waals surface area (Å²) in [5, 5.41) is 8.22. The number of aromatic nitrogens is 1. The van der Waals surface area contributed by atoms with Crippen molar-refractivity contribution >= 4 is 0 Å². The second-order valence-corrected chi connectivity index (χ2v) is 2.00. The summed E-state index contributed by atoms with van der Waals surface area (Å²) in [6, 6.07) is 4.22. The third-order valence-electron chi connectivity index (χ3n) is 1.22. The Morgan fingerprint density at radius 3 is 2.91 bits per heavy atom. The Labute approximate surface area is 62.1 Å².